The van der Waals surface area contributed by atoms with Crippen molar-refractivity contribution in [2.45, 2.75) is 24.4 Å². The Balaban J connectivity index is 0.00000506. The molecule has 3 atom stereocenters. The maximum Gasteiger partial charge on any atom is 1.00 e. The predicted molar refractivity (Wildman–Crippen MR) is 148 cm³/mol. The molecule has 43 heavy (non-hydrogen) atoms. The number of nitrogens with two attached hydrogens (primary N) is 1. The molecule has 5 N–H and O–H groups in total. The van der Waals surface area contributed by atoms with Gasteiger partial charge in [-0.25, -0.2) is 9.78 Å². The summed E-state index contributed by atoms with van der Waals surface area (Å²) in [7, 11) is 0. The van der Waals surface area contributed by atoms with E-state index in [1.807, 2.05) is 0 Å². The first kappa shape index (κ1) is 33.4. The molecule has 1 fully saturated rings. The van der Waals surface area contributed by atoms with Crippen molar-refractivity contribution in [2.75, 3.05) is 29.1 Å². The molecule has 2 aromatic rings. The molecule has 3 heterocycles. The van der Waals surface area contributed by atoms with Crippen LogP contribution in [0.2, 0.25) is 0 Å². The van der Waals surface area contributed by atoms with Gasteiger partial charge in [0.05, 0.1) is 17.9 Å². The number of nitrogens with one attached hydrogen (secondary N) is 3. The number of ether oxygens (including phenoxy) is 1. The number of aromatic amines is 1. The van der Waals surface area contributed by atoms with Crippen molar-refractivity contribution in [2.24, 2.45) is 5.73 Å². The average Bonchev–Trinajstić information content (AvgIpc) is 2.96. The maximum absolute atomic E-state index is 13.8. The molecule has 4 amide bonds. The number of carbonyl (C=O) groups excluding carboxylic acids is 5. The van der Waals surface area contributed by atoms with Gasteiger partial charge in [-0.05, 0) is 5.56 Å². The Bertz CT molecular complexity index is 1530. The number of thioether (sulfide) groups is 1. The third-order valence-corrected chi connectivity index (χ3v) is 7.64. The molecule has 2 unspecified atom stereocenters. The molecule has 1 saturated heterocycles. The number of fused-ring (bicyclic) bond motifs is 1. The fourth-order valence-corrected chi connectivity index (χ4v) is 5.79. The van der Waals surface area contributed by atoms with Crippen LogP contribution in [0.4, 0.5) is 16.4 Å². The van der Waals surface area contributed by atoms with E-state index in [2.05, 4.69) is 27.2 Å². The topological polar surface area (TPSA) is 220 Å². The Morgan fingerprint density at radius 1 is 1.30 bits per heavy atom. The standard InChI is InChI=1S/C26H27N7O8S.Na/c1-3-9-28-26-29-10-16(20(35)31-26)32(25(27)40)18(14-7-5-4-6-8-14)21(36)30-17-22(37)33-19(24(38)39)15(11-41-13(2)34)12-42-23(17)33;/h3-8,10,17-18,23H,1,9,11-12H2,2H3,(H2,27,40)(H,30,36)(H,38,39)(H2,28,29,31,35);/q;+1/p-1/t17?,18?,23-;/m0./s1. The van der Waals surface area contributed by atoms with Crippen molar-refractivity contribution < 1.29 is 63.4 Å². The van der Waals surface area contributed by atoms with E-state index < -0.39 is 58.5 Å². The summed E-state index contributed by atoms with van der Waals surface area (Å²) in [4.78, 5) is 83.9. The number of carboxylic acid groups (broad SMARTS) is 1. The number of urea groups is 1. The van der Waals surface area contributed by atoms with Crippen LogP contribution in [0.1, 0.15) is 18.5 Å². The zero-order valence-electron chi connectivity index (χ0n) is 23.2. The van der Waals surface area contributed by atoms with Crippen LogP contribution >= 0.6 is 11.8 Å². The summed E-state index contributed by atoms with van der Waals surface area (Å²) >= 11 is 1.14. The normalized spacial score (nSPS) is 17.8. The first-order valence-corrected chi connectivity index (χ1v) is 13.5. The zero-order valence-corrected chi connectivity index (χ0v) is 26.0. The molecule has 0 bridgehead atoms. The van der Waals surface area contributed by atoms with E-state index in [1.54, 1.807) is 24.3 Å². The number of hydrogen-bond acceptors (Lipinski definition) is 11. The Hall–Kier alpha value is -4.12. The number of aliphatic carboxylic acids is 1. The van der Waals surface area contributed by atoms with Gasteiger partial charge < -0.3 is 31.0 Å². The summed E-state index contributed by atoms with van der Waals surface area (Å²) < 4.78 is 4.90. The molecule has 0 spiro atoms. The molecule has 1 aromatic carbocycles. The van der Waals surface area contributed by atoms with Crippen molar-refractivity contribution in [3.05, 3.63) is 76.4 Å². The van der Waals surface area contributed by atoms with Gasteiger partial charge in [-0.15, -0.1) is 18.3 Å². The summed E-state index contributed by atoms with van der Waals surface area (Å²) in [5, 5.41) is 16.4. The number of benzene rings is 1. The van der Waals surface area contributed by atoms with Gasteiger partial charge in [-0.3, -0.25) is 34.0 Å². The number of H-pyrrole nitrogens is 1. The molecule has 17 heteroatoms. The van der Waals surface area contributed by atoms with Crippen LogP contribution < -0.4 is 61.5 Å². The van der Waals surface area contributed by atoms with Crippen molar-refractivity contribution in [3.8, 4) is 0 Å². The molecule has 0 aliphatic carbocycles. The SMILES string of the molecule is C=CCNc1ncc(N(C(N)=O)C(C(=O)NC2C(=O)N3C(C(=O)[O-])=C(COC(C)=O)CS[C@@H]23)c2ccccc2)c(=O)[nH]1.[Na+]. The number of carboxylic acids is 1. The van der Waals surface area contributed by atoms with Crippen molar-refractivity contribution >= 4 is 53.2 Å². The number of β-lactam (4-membered cyclic amide) rings is 1. The summed E-state index contributed by atoms with van der Waals surface area (Å²) in [5.41, 5.74) is 4.56. The van der Waals surface area contributed by atoms with E-state index in [0.29, 0.717) is 6.54 Å². The minimum absolute atomic E-state index is 0. The second-order valence-corrected chi connectivity index (χ2v) is 10.2. The van der Waals surface area contributed by atoms with Gasteiger partial charge in [0.1, 0.15) is 29.8 Å². The fourth-order valence-electron chi connectivity index (χ4n) is 4.46. The summed E-state index contributed by atoms with van der Waals surface area (Å²) in [5.74, 6) is -3.71. The van der Waals surface area contributed by atoms with Gasteiger partial charge in [0.25, 0.3) is 11.5 Å². The number of nitrogens with zero attached hydrogens (tertiary/aromatic N) is 3. The Morgan fingerprint density at radius 3 is 2.58 bits per heavy atom. The molecule has 2 aliphatic rings. The molecule has 2 aliphatic heterocycles. The van der Waals surface area contributed by atoms with E-state index in [4.69, 9.17) is 10.5 Å². The number of aromatic nitrogens is 2. The second kappa shape index (κ2) is 14.4. The van der Waals surface area contributed by atoms with Crippen LogP contribution in [0.15, 0.2) is 65.2 Å². The summed E-state index contributed by atoms with van der Waals surface area (Å²) in [6, 6.07) is 4.11. The quantitative estimate of drug-likeness (QED) is 0.0821. The van der Waals surface area contributed by atoms with Gasteiger partial charge in [0.2, 0.25) is 11.9 Å². The number of primary amides is 1. The average molecular weight is 620 g/mol. The smallest absolute Gasteiger partial charge is 0.543 e. The van der Waals surface area contributed by atoms with Crippen LogP contribution in [0.25, 0.3) is 0 Å². The van der Waals surface area contributed by atoms with E-state index >= 15 is 0 Å². The third-order valence-electron chi connectivity index (χ3n) is 6.30. The number of esters is 1. The minimum atomic E-state index is -1.64. The Morgan fingerprint density at radius 2 is 2.00 bits per heavy atom. The van der Waals surface area contributed by atoms with E-state index in [9.17, 15) is 33.9 Å². The molecule has 220 valence electrons. The number of anilines is 2. The first-order valence-electron chi connectivity index (χ1n) is 12.4. The minimum Gasteiger partial charge on any atom is -0.543 e. The molecule has 0 radical (unpaired) electrons. The maximum atomic E-state index is 13.8. The summed E-state index contributed by atoms with van der Waals surface area (Å²) in [6.45, 7) is 4.68. The Kier molecular flexibility index (Phi) is 11.2. The predicted octanol–water partition coefficient (Wildman–Crippen LogP) is -4.03. The summed E-state index contributed by atoms with van der Waals surface area (Å²) in [6.07, 6.45) is 2.62. The molecule has 1 aromatic heterocycles. The number of amides is 4. The van der Waals surface area contributed by atoms with Gasteiger partial charge in [0.15, 0.2) is 0 Å². The van der Waals surface area contributed by atoms with Gasteiger partial charge in [-0.1, -0.05) is 36.4 Å². The largest absolute Gasteiger partial charge is 1.00 e. The fraction of sp³-hybridized carbons (Fsp3) is 0.269. The number of rotatable bonds is 11. The van der Waals surface area contributed by atoms with Crippen LogP contribution in [-0.4, -0.2) is 75.0 Å². The number of hydrogen-bond donors (Lipinski definition) is 4. The number of carbonyl (C=O) groups is 5. The molecular formula is C26H26N7NaO8S. The van der Waals surface area contributed by atoms with Crippen LogP contribution in [0, 0.1) is 0 Å². The van der Waals surface area contributed by atoms with Gasteiger partial charge in [0, 0.05) is 24.8 Å². The van der Waals surface area contributed by atoms with Gasteiger partial charge >= 0.3 is 41.6 Å². The van der Waals surface area contributed by atoms with Crippen molar-refractivity contribution in [3.63, 3.8) is 0 Å². The van der Waals surface area contributed by atoms with E-state index in [0.717, 1.165) is 34.7 Å². The van der Waals surface area contributed by atoms with Gasteiger partial charge in [-0.2, -0.15) is 0 Å². The van der Waals surface area contributed by atoms with Crippen LogP contribution in [-0.2, 0) is 23.9 Å². The Labute approximate surface area is 271 Å². The monoisotopic (exact) mass is 619 g/mol. The van der Waals surface area contributed by atoms with Crippen LogP contribution in [0.3, 0.4) is 0 Å². The van der Waals surface area contributed by atoms with E-state index in [1.165, 1.54) is 12.1 Å². The molecule has 0 saturated carbocycles. The van der Waals surface area contributed by atoms with Crippen molar-refractivity contribution in [1.29, 1.82) is 0 Å². The second-order valence-electron chi connectivity index (χ2n) is 9.05. The molecule has 4 rings (SSSR count). The first-order chi connectivity index (χ1) is 20.0. The van der Waals surface area contributed by atoms with E-state index in [-0.39, 0.29) is 64.7 Å². The molecular weight excluding hydrogens is 593 g/mol. The van der Waals surface area contributed by atoms with Crippen molar-refractivity contribution in [1.82, 2.24) is 20.2 Å². The van der Waals surface area contributed by atoms with Crippen LogP contribution in [0.5, 0.6) is 0 Å². The molecule has 15 nitrogen and oxygen atoms in total. The third kappa shape index (κ3) is 7.10. The zero-order chi connectivity index (χ0) is 30.6.